The van der Waals surface area contributed by atoms with Crippen LogP contribution in [0.5, 0.6) is 0 Å². The van der Waals surface area contributed by atoms with E-state index in [9.17, 15) is 13.2 Å². The minimum absolute atomic E-state index is 0.00152. The number of benzene rings is 1. The Hall–Kier alpha value is -1.41. The quantitative estimate of drug-likeness (QED) is 0.880. The van der Waals surface area contributed by atoms with Gasteiger partial charge in [-0.2, -0.15) is 5.10 Å². The highest BCUT2D eigenvalue weighted by Gasteiger charge is 2.18. The van der Waals surface area contributed by atoms with Crippen molar-refractivity contribution in [2.75, 3.05) is 6.54 Å². The maximum absolute atomic E-state index is 12.2. The second-order valence-electron chi connectivity index (χ2n) is 4.51. The third-order valence-corrected chi connectivity index (χ3v) is 4.98. The second-order valence-corrected chi connectivity index (χ2v) is 7.09. The molecule has 0 aliphatic rings. The van der Waals surface area contributed by atoms with Crippen molar-refractivity contribution in [3.8, 4) is 0 Å². The summed E-state index contributed by atoms with van der Waals surface area (Å²) in [6.07, 6.45) is 0. The summed E-state index contributed by atoms with van der Waals surface area (Å²) in [4.78, 5) is 11.5. The molecule has 0 spiro atoms. The molecule has 0 unspecified atom stereocenters. The zero-order valence-corrected chi connectivity index (χ0v) is 13.9. The molecule has 1 N–H and O–H groups in total. The molecule has 1 heterocycles. The van der Waals surface area contributed by atoms with Gasteiger partial charge in [-0.3, -0.25) is 4.79 Å². The molecule has 0 saturated carbocycles. The van der Waals surface area contributed by atoms with Gasteiger partial charge in [0.2, 0.25) is 10.0 Å². The van der Waals surface area contributed by atoms with Gasteiger partial charge in [-0.05, 0) is 31.2 Å². The van der Waals surface area contributed by atoms with Crippen molar-refractivity contribution in [2.24, 2.45) is 0 Å². The average Bonchev–Trinajstić information content (AvgIpc) is 2.45. The molecule has 0 bridgehead atoms. The van der Waals surface area contributed by atoms with E-state index in [0.29, 0.717) is 5.69 Å². The third-order valence-electron chi connectivity index (χ3n) is 2.80. The van der Waals surface area contributed by atoms with E-state index in [1.54, 1.807) is 13.0 Å². The minimum Gasteiger partial charge on any atom is -0.268 e. The van der Waals surface area contributed by atoms with E-state index in [-0.39, 0.29) is 33.6 Å². The van der Waals surface area contributed by atoms with Crippen molar-refractivity contribution in [1.29, 1.82) is 0 Å². The molecule has 0 radical (unpaired) electrons. The van der Waals surface area contributed by atoms with Crippen LogP contribution in [0.4, 0.5) is 0 Å². The molecule has 0 saturated heterocycles. The van der Waals surface area contributed by atoms with Crippen LogP contribution >= 0.6 is 23.2 Å². The van der Waals surface area contributed by atoms with E-state index in [1.807, 2.05) is 0 Å². The van der Waals surface area contributed by atoms with E-state index < -0.39 is 10.0 Å². The smallest absolute Gasteiger partial charge is 0.266 e. The molecule has 118 valence electrons. The molecule has 0 atom stereocenters. The van der Waals surface area contributed by atoms with E-state index in [4.69, 9.17) is 23.2 Å². The van der Waals surface area contributed by atoms with Crippen molar-refractivity contribution in [3.63, 3.8) is 0 Å². The van der Waals surface area contributed by atoms with Gasteiger partial charge in [-0.25, -0.2) is 17.8 Å². The van der Waals surface area contributed by atoms with Crippen molar-refractivity contribution in [2.45, 2.75) is 18.4 Å². The molecule has 0 amide bonds. The molecule has 0 aliphatic heterocycles. The van der Waals surface area contributed by atoms with Gasteiger partial charge in [0.1, 0.15) is 4.90 Å². The van der Waals surface area contributed by atoms with Crippen molar-refractivity contribution in [3.05, 3.63) is 56.4 Å². The molecule has 2 aromatic rings. The maximum atomic E-state index is 12.2. The Morgan fingerprint density at radius 3 is 2.68 bits per heavy atom. The Bertz CT molecular complexity index is 850. The molecule has 9 heteroatoms. The molecular formula is C13H13Cl2N3O3S. The predicted molar refractivity (Wildman–Crippen MR) is 84.9 cm³/mol. The number of nitrogens with zero attached hydrogens (tertiary/aromatic N) is 2. The van der Waals surface area contributed by atoms with E-state index in [2.05, 4.69) is 9.82 Å². The normalized spacial score (nSPS) is 11.6. The van der Waals surface area contributed by atoms with Crippen LogP contribution in [0.2, 0.25) is 10.0 Å². The van der Waals surface area contributed by atoms with Crippen LogP contribution in [0.15, 0.2) is 40.0 Å². The Labute approximate surface area is 137 Å². The van der Waals surface area contributed by atoms with Crippen molar-refractivity contribution < 1.29 is 8.42 Å². The zero-order chi connectivity index (χ0) is 16.3. The number of nitrogens with one attached hydrogen (secondary N) is 1. The lowest BCUT2D eigenvalue weighted by molar-refractivity contribution is 0.544. The largest absolute Gasteiger partial charge is 0.268 e. The number of hydrogen-bond donors (Lipinski definition) is 1. The summed E-state index contributed by atoms with van der Waals surface area (Å²) < 4.78 is 27.9. The highest BCUT2D eigenvalue weighted by Crippen LogP contribution is 2.24. The highest BCUT2D eigenvalue weighted by molar-refractivity contribution is 7.89. The Morgan fingerprint density at radius 1 is 1.23 bits per heavy atom. The SMILES string of the molecule is Cc1ccc(=O)n(CCNS(=O)(=O)c2cc(Cl)ccc2Cl)n1. The minimum atomic E-state index is -3.82. The molecule has 0 aliphatic carbocycles. The van der Waals surface area contributed by atoms with Crippen LogP contribution in [0, 0.1) is 6.92 Å². The Kier molecular flexibility index (Phi) is 5.23. The molecule has 1 aromatic carbocycles. The summed E-state index contributed by atoms with van der Waals surface area (Å²) in [7, 11) is -3.82. The summed E-state index contributed by atoms with van der Waals surface area (Å²) in [5.74, 6) is 0. The fourth-order valence-corrected chi connectivity index (χ4v) is 3.54. The zero-order valence-electron chi connectivity index (χ0n) is 11.6. The first-order valence-electron chi connectivity index (χ1n) is 6.29. The van der Waals surface area contributed by atoms with Gasteiger partial charge in [-0.1, -0.05) is 23.2 Å². The lowest BCUT2D eigenvalue weighted by atomic mass is 10.4. The first-order valence-corrected chi connectivity index (χ1v) is 8.53. The molecule has 6 nitrogen and oxygen atoms in total. The van der Waals surface area contributed by atoms with Crippen molar-refractivity contribution >= 4 is 33.2 Å². The number of sulfonamides is 1. The van der Waals surface area contributed by atoms with Crippen LogP contribution in [-0.2, 0) is 16.6 Å². The lowest BCUT2D eigenvalue weighted by Gasteiger charge is -2.09. The Balaban J connectivity index is 2.12. The van der Waals surface area contributed by atoms with Gasteiger partial charge in [0.15, 0.2) is 0 Å². The maximum Gasteiger partial charge on any atom is 0.266 e. The highest BCUT2D eigenvalue weighted by atomic mass is 35.5. The van der Waals surface area contributed by atoms with Crippen LogP contribution in [0.1, 0.15) is 5.69 Å². The summed E-state index contributed by atoms with van der Waals surface area (Å²) >= 11 is 11.7. The second kappa shape index (κ2) is 6.78. The molecule has 0 fully saturated rings. The summed E-state index contributed by atoms with van der Waals surface area (Å²) in [6.45, 7) is 1.85. The number of rotatable bonds is 5. The predicted octanol–water partition coefficient (Wildman–Crippen LogP) is 1.84. The van der Waals surface area contributed by atoms with Gasteiger partial charge in [0.25, 0.3) is 5.56 Å². The van der Waals surface area contributed by atoms with E-state index in [1.165, 1.54) is 28.9 Å². The average molecular weight is 362 g/mol. The molecule has 22 heavy (non-hydrogen) atoms. The van der Waals surface area contributed by atoms with Gasteiger partial charge in [0, 0.05) is 17.6 Å². The topological polar surface area (TPSA) is 81.1 Å². The van der Waals surface area contributed by atoms with E-state index in [0.717, 1.165) is 0 Å². The third kappa shape index (κ3) is 4.07. The van der Waals surface area contributed by atoms with Crippen LogP contribution in [0.3, 0.4) is 0 Å². The first kappa shape index (κ1) is 17.0. The first-order chi connectivity index (χ1) is 10.3. The lowest BCUT2D eigenvalue weighted by Crippen LogP contribution is -2.32. The summed E-state index contributed by atoms with van der Waals surface area (Å²) in [5, 5.41) is 4.36. The summed E-state index contributed by atoms with van der Waals surface area (Å²) in [5.41, 5.74) is 0.367. The van der Waals surface area contributed by atoms with Gasteiger partial charge < -0.3 is 0 Å². The fourth-order valence-electron chi connectivity index (χ4n) is 1.76. The van der Waals surface area contributed by atoms with Gasteiger partial charge in [-0.15, -0.1) is 0 Å². The molecular weight excluding hydrogens is 349 g/mol. The number of hydrogen-bond acceptors (Lipinski definition) is 4. The number of halogens is 2. The fraction of sp³-hybridized carbons (Fsp3) is 0.231. The van der Waals surface area contributed by atoms with Crippen LogP contribution in [0.25, 0.3) is 0 Å². The van der Waals surface area contributed by atoms with Gasteiger partial charge in [0.05, 0.1) is 17.3 Å². The van der Waals surface area contributed by atoms with Crippen LogP contribution in [-0.4, -0.2) is 24.7 Å². The van der Waals surface area contributed by atoms with Crippen LogP contribution < -0.4 is 10.3 Å². The van der Waals surface area contributed by atoms with Gasteiger partial charge >= 0.3 is 0 Å². The number of aryl methyl sites for hydroxylation is 1. The Morgan fingerprint density at radius 2 is 1.95 bits per heavy atom. The number of aromatic nitrogens is 2. The molecule has 1 aromatic heterocycles. The monoisotopic (exact) mass is 361 g/mol. The summed E-state index contributed by atoms with van der Waals surface area (Å²) in [6, 6.07) is 7.15. The molecule has 2 rings (SSSR count). The van der Waals surface area contributed by atoms with E-state index >= 15 is 0 Å². The van der Waals surface area contributed by atoms with Crippen molar-refractivity contribution in [1.82, 2.24) is 14.5 Å². The standard InChI is InChI=1S/C13H13Cl2N3O3S/c1-9-2-5-13(19)18(17-9)7-6-16-22(20,21)12-8-10(14)3-4-11(12)15/h2-5,8,16H,6-7H2,1H3.